The van der Waals surface area contributed by atoms with Gasteiger partial charge < -0.3 is 4.90 Å². The number of thioether (sulfide) groups is 1. The van der Waals surface area contributed by atoms with Gasteiger partial charge in [-0.1, -0.05) is 50.2 Å². The van der Waals surface area contributed by atoms with Crippen LogP contribution in [-0.4, -0.2) is 38.8 Å². The molecular formula is C24H30N4O2S2. The lowest BCUT2D eigenvalue weighted by Gasteiger charge is -2.35. The van der Waals surface area contributed by atoms with E-state index in [1.54, 1.807) is 16.5 Å². The van der Waals surface area contributed by atoms with Crippen LogP contribution in [0.1, 0.15) is 68.6 Å². The van der Waals surface area contributed by atoms with Crippen molar-refractivity contribution >= 4 is 46.1 Å². The monoisotopic (exact) mass is 470 g/mol. The van der Waals surface area contributed by atoms with E-state index in [1.807, 2.05) is 13.0 Å². The molecule has 4 rings (SSSR count). The zero-order valence-corrected chi connectivity index (χ0v) is 20.7. The van der Waals surface area contributed by atoms with Crippen molar-refractivity contribution in [1.82, 2.24) is 9.47 Å². The number of thiocarbonyl (C=S) groups is 1. The van der Waals surface area contributed by atoms with E-state index < -0.39 is 0 Å². The summed E-state index contributed by atoms with van der Waals surface area (Å²) in [6, 6.07) is 2.26. The van der Waals surface area contributed by atoms with Crippen LogP contribution in [0.2, 0.25) is 0 Å². The molecular weight excluding hydrogens is 440 g/mol. The molecule has 0 spiro atoms. The molecule has 1 unspecified atom stereocenters. The molecule has 2 aliphatic heterocycles. The molecule has 3 heterocycles. The highest BCUT2D eigenvalue weighted by molar-refractivity contribution is 8.26. The van der Waals surface area contributed by atoms with E-state index in [2.05, 4.69) is 17.9 Å². The fourth-order valence-corrected chi connectivity index (χ4v) is 6.62. The number of rotatable bonds is 3. The lowest BCUT2D eigenvalue weighted by molar-refractivity contribution is -0.124. The second-order valence-corrected chi connectivity index (χ2v) is 10.9. The van der Waals surface area contributed by atoms with E-state index in [4.69, 9.17) is 12.2 Å². The number of carbonyl (C=O) groups excluding carboxylic acids is 1. The van der Waals surface area contributed by atoms with Gasteiger partial charge in [0.15, 0.2) is 0 Å². The van der Waals surface area contributed by atoms with Crippen LogP contribution < -0.4 is 10.5 Å². The molecule has 2 saturated heterocycles. The SMILES string of the molecule is Cc1c(C=C2SC(=S)N(C3CCCCC3)C2=O)c(N2CCCC(C)C2)n(C)c(=O)c1C#N. The van der Waals surface area contributed by atoms with Crippen LogP contribution in [0, 0.1) is 24.2 Å². The molecule has 3 aliphatic rings. The molecule has 0 bridgehead atoms. The highest BCUT2D eigenvalue weighted by Gasteiger charge is 2.38. The number of pyridine rings is 1. The molecule has 8 heteroatoms. The van der Waals surface area contributed by atoms with Crippen LogP contribution in [0.4, 0.5) is 5.82 Å². The molecule has 0 radical (unpaired) electrons. The van der Waals surface area contributed by atoms with Gasteiger partial charge in [-0.15, -0.1) is 0 Å². The van der Waals surface area contributed by atoms with E-state index >= 15 is 0 Å². The van der Waals surface area contributed by atoms with Crippen LogP contribution >= 0.6 is 24.0 Å². The van der Waals surface area contributed by atoms with Crippen LogP contribution in [0.5, 0.6) is 0 Å². The lowest BCUT2D eigenvalue weighted by Crippen LogP contribution is -2.40. The highest BCUT2D eigenvalue weighted by atomic mass is 32.2. The smallest absolute Gasteiger partial charge is 0.270 e. The first-order valence-electron chi connectivity index (χ1n) is 11.5. The Morgan fingerprint density at radius 2 is 1.88 bits per heavy atom. The van der Waals surface area contributed by atoms with Gasteiger partial charge in [-0.3, -0.25) is 19.1 Å². The Kier molecular flexibility index (Phi) is 6.78. The Hall–Kier alpha value is -2.11. The molecule has 1 atom stereocenters. The lowest BCUT2D eigenvalue weighted by atomic mass is 9.94. The molecule has 1 saturated carbocycles. The third-order valence-corrected chi connectivity index (χ3v) is 8.29. The highest BCUT2D eigenvalue weighted by Crippen LogP contribution is 2.39. The summed E-state index contributed by atoms with van der Waals surface area (Å²) in [6.45, 7) is 5.73. The second-order valence-electron chi connectivity index (χ2n) is 9.25. The second kappa shape index (κ2) is 9.40. The van der Waals surface area contributed by atoms with E-state index in [0.29, 0.717) is 20.7 Å². The van der Waals surface area contributed by atoms with Crippen molar-refractivity contribution in [3.63, 3.8) is 0 Å². The zero-order valence-electron chi connectivity index (χ0n) is 19.0. The quantitative estimate of drug-likeness (QED) is 0.484. The summed E-state index contributed by atoms with van der Waals surface area (Å²) < 4.78 is 2.20. The maximum Gasteiger partial charge on any atom is 0.270 e. The van der Waals surface area contributed by atoms with Crippen molar-refractivity contribution in [1.29, 1.82) is 5.26 Å². The third kappa shape index (κ3) is 4.13. The maximum absolute atomic E-state index is 13.4. The van der Waals surface area contributed by atoms with Crippen LogP contribution in [0.3, 0.4) is 0 Å². The summed E-state index contributed by atoms with van der Waals surface area (Å²) in [5.41, 5.74) is 1.26. The number of aromatic nitrogens is 1. The van der Waals surface area contributed by atoms with Gasteiger partial charge >= 0.3 is 0 Å². The maximum atomic E-state index is 13.4. The van der Waals surface area contributed by atoms with Gasteiger partial charge in [-0.05, 0) is 50.2 Å². The third-order valence-electron chi connectivity index (χ3n) is 6.96. The number of amides is 1. The Morgan fingerprint density at radius 3 is 2.53 bits per heavy atom. The molecule has 6 nitrogen and oxygen atoms in total. The van der Waals surface area contributed by atoms with Crippen LogP contribution in [0.15, 0.2) is 9.70 Å². The number of hydrogen-bond acceptors (Lipinski definition) is 6. The van der Waals surface area contributed by atoms with Crippen molar-refractivity contribution in [3.05, 3.63) is 31.9 Å². The Labute approximate surface area is 199 Å². The fraction of sp³-hybridized carbons (Fsp3) is 0.583. The minimum atomic E-state index is -0.287. The van der Waals surface area contributed by atoms with Crippen LogP contribution in [-0.2, 0) is 11.8 Å². The summed E-state index contributed by atoms with van der Waals surface area (Å²) in [7, 11) is 1.72. The summed E-state index contributed by atoms with van der Waals surface area (Å²) in [6.07, 6.45) is 9.54. The molecule has 170 valence electrons. The summed E-state index contributed by atoms with van der Waals surface area (Å²) >= 11 is 6.94. The molecule has 1 amide bonds. The molecule has 3 fully saturated rings. The summed E-state index contributed by atoms with van der Waals surface area (Å²) in [4.78, 5) is 30.9. The van der Waals surface area contributed by atoms with Crippen molar-refractivity contribution in [2.24, 2.45) is 13.0 Å². The van der Waals surface area contributed by atoms with Gasteiger partial charge in [0.2, 0.25) is 0 Å². The van der Waals surface area contributed by atoms with Crippen molar-refractivity contribution in [2.75, 3.05) is 18.0 Å². The van der Waals surface area contributed by atoms with E-state index in [0.717, 1.165) is 63.0 Å². The first-order chi connectivity index (χ1) is 15.3. The molecule has 0 aromatic carbocycles. The number of nitrogens with zero attached hydrogens (tertiary/aromatic N) is 4. The first-order valence-corrected chi connectivity index (χ1v) is 12.7. The summed E-state index contributed by atoms with van der Waals surface area (Å²) in [5, 5.41) is 9.66. The largest absolute Gasteiger partial charge is 0.357 e. The predicted molar refractivity (Wildman–Crippen MR) is 134 cm³/mol. The Bertz CT molecular complexity index is 1080. The molecule has 1 aromatic heterocycles. The van der Waals surface area contributed by atoms with Gasteiger partial charge in [0, 0.05) is 31.7 Å². The molecule has 0 N–H and O–H groups in total. The normalized spacial score (nSPS) is 23.8. The fourth-order valence-electron chi connectivity index (χ4n) is 5.24. The predicted octanol–water partition coefficient (Wildman–Crippen LogP) is 4.34. The van der Waals surface area contributed by atoms with Gasteiger partial charge in [0.25, 0.3) is 11.5 Å². The molecule has 32 heavy (non-hydrogen) atoms. The van der Waals surface area contributed by atoms with Crippen LogP contribution in [0.25, 0.3) is 6.08 Å². The van der Waals surface area contributed by atoms with Gasteiger partial charge in [-0.2, -0.15) is 5.26 Å². The van der Waals surface area contributed by atoms with E-state index in [1.165, 1.54) is 18.2 Å². The Morgan fingerprint density at radius 1 is 1.16 bits per heavy atom. The number of piperidine rings is 1. The van der Waals surface area contributed by atoms with Crippen molar-refractivity contribution in [2.45, 2.75) is 64.8 Å². The average Bonchev–Trinajstić information content (AvgIpc) is 3.06. The van der Waals surface area contributed by atoms with Gasteiger partial charge in [0.05, 0.1) is 4.91 Å². The van der Waals surface area contributed by atoms with Gasteiger partial charge in [-0.25, -0.2) is 0 Å². The molecule has 1 aliphatic carbocycles. The standard InChI is InChI=1S/C24H30N4O2S2/c1-15-8-7-11-27(14-15)21-18(16(2)19(13-25)22(29)26(21)3)12-20-23(30)28(24(31)32-20)17-9-5-4-6-10-17/h12,15,17H,4-11,14H2,1-3H3. The topological polar surface area (TPSA) is 69.3 Å². The summed E-state index contributed by atoms with van der Waals surface area (Å²) in [5.74, 6) is 1.27. The Balaban J connectivity index is 1.80. The van der Waals surface area contributed by atoms with Crippen molar-refractivity contribution < 1.29 is 4.79 Å². The number of hydrogen-bond donors (Lipinski definition) is 0. The van der Waals surface area contributed by atoms with Gasteiger partial charge in [0.1, 0.15) is 21.8 Å². The molecule has 1 aromatic rings. The minimum absolute atomic E-state index is 0.0448. The first kappa shape index (κ1) is 23.1. The average molecular weight is 471 g/mol. The number of nitriles is 1. The van der Waals surface area contributed by atoms with Crippen molar-refractivity contribution in [3.8, 4) is 6.07 Å². The van der Waals surface area contributed by atoms with E-state index in [9.17, 15) is 14.9 Å². The zero-order chi connectivity index (χ0) is 23.0. The number of carbonyl (C=O) groups is 1. The minimum Gasteiger partial charge on any atom is -0.357 e. The number of anilines is 1. The van der Waals surface area contributed by atoms with E-state index in [-0.39, 0.29) is 23.1 Å².